The Morgan fingerprint density at radius 1 is 1.53 bits per heavy atom. The Kier molecular flexibility index (Phi) is 5.88. The van der Waals surface area contributed by atoms with Crippen LogP contribution in [0.2, 0.25) is 0 Å². The Labute approximate surface area is 104 Å². The summed E-state index contributed by atoms with van der Waals surface area (Å²) in [5, 5.41) is 12.4. The first-order valence-corrected chi connectivity index (χ1v) is 6.33. The van der Waals surface area contributed by atoms with Gasteiger partial charge in [0.1, 0.15) is 0 Å². The lowest BCUT2D eigenvalue weighted by Gasteiger charge is -2.29. The molecular weight excluding hydrogens is 218 g/mol. The summed E-state index contributed by atoms with van der Waals surface area (Å²) < 4.78 is 0. The first kappa shape index (κ1) is 14.4. The lowest BCUT2D eigenvalue weighted by molar-refractivity contribution is -0.138. The highest BCUT2D eigenvalue weighted by Gasteiger charge is 2.24. The van der Waals surface area contributed by atoms with E-state index >= 15 is 0 Å². The van der Waals surface area contributed by atoms with E-state index in [1.54, 1.807) is 0 Å². The third kappa shape index (κ3) is 5.48. The molecule has 5 heteroatoms. The van der Waals surface area contributed by atoms with Crippen LogP contribution in [0.15, 0.2) is 0 Å². The molecule has 0 spiro atoms. The highest BCUT2D eigenvalue weighted by atomic mass is 16.4. The van der Waals surface area contributed by atoms with Crippen molar-refractivity contribution < 1.29 is 9.90 Å². The number of hydrogen-bond acceptors (Lipinski definition) is 4. The van der Waals surface area contributed by atoms with Gasteiger partial charge in [-0.05, 0) is 27.4 Å². The summed E-state index contributed by atoms with van der Waals surface area (Å²) in [7, 11) is 4.09. The van der Waals surface area contributed by atoms with Crippen molar-refractivity contribution in [2.24, 2.45) is 0 Å². The second-order valence-corrected chi connectivity index (χ2v) is 5.19. The maximum atomic E-state index is 10.9. The topological polar surface area (TPSA) is 55.8 Å². The van der Waals surface area contributed by atoms with Crippen molar-refractivity contribution in [2.45, 2.75) is 31.8 Å². The van der Waals surface area contributed by atoms with Gasteiger partial charge in [0.15, 0.2) is 0 Å². The van der Waals surface area contributed by atoms with Crippen molar-refractivity contribution in [2.75, 3.05) is 40.3 Å². The van der Waals surface area contributed by atoms with Crippen molar-refractivity contribution >= 4 is 5.97 Å². The molecule has 1 rings (SSSR count). The summed E-state index contributed by atoms with van der Waals surface area (Å²) in [4.78, 5) is 15.3. The van der Waals surface area contributed by atoms with Gasteiger partial charge in [-0.3, -0.25) is 9.69 Å². The standard InChI is InChI=1S/C12H25N3O2/c1-10-4-5-15(7-6-14(2)3)11(9-13-10)8-12(16)17/h10-11,13H,4-9H2,1-3H3,(H,16,17). The molecule has 5 nitrogen and oxygen atoms in total. The number of rotatable bonds is 5. The highest BCUT2D eigenvalue weighted by Crippen LogP contribution is 2.10. The lowest BCUT2D eigenvalue weighted by atomic mass is 10.1. The van der Waals surface area contributed by atoms with E-state index in [9.17, 15) is 4.79 Å². The molecule has 100 valence electrons. The van der Waals surface area contributed by atoms with Crippen LogP contribution < -0.4 is 5.32 Å². The van der Waals surface area contributed by atoms with Crippen LogP contribution in [0.4, 0.5) is 0 Å². The van der Waals surface area contributed by atoms with E-state index in [0.29, 0.717) is 6.04 Å². The van der Waals surface area contributed by atoms with Crippen molar-refractivity contribution in [1.29, 1.82) is 0 Å². The number of likely N-dealkylation sites (N-methyl/N-ethyl adjacent to an activating group) is 1. The minimum Gasteiger partial charge on any atom is -0.481 e. The summed E-state index contributed by atoms with van der Waals surface area (Å²) >= 11 is 0. The molecule has 0 aromatic rings. The van der Waals surface area contributed by atoms with Crippen LogP contribution in [0.5, 0.6) is 0 Å². The number of carboxylic acid groups (broad SMARTS) is 1. The summed E-state index contributed by atoms with van der Waals surface area (Å²) in [6.07, 6.45) is 1.32. The molecule has 0 aromatic carbocycles. The normalized spacial score (nSPS) is 27.1. The summed E-state index contributed by atoms with van der Waals surface area (Å²) in [5.74, 6) is -0.707. The molecule has 0 bridgehead atoms. The molecule has 1 aliphatic heterocycles. The molecule has 2 N–H and O–H groups in total. The SMILES string of the molecule is CC1CCN(CCN(C)C)C(CC(=O)O)CN1. The lowest BCUT2D eigenvalue weighted by Crippen LogP contribution is -2.44. The maximum absolute atomic E-state index is 10.9. The van der Waals surface area contributed by atoms with Gasteiger partial charge in [0.25, 0.3) is 0 Å². The molecule has 2 atom stereocenters. The first-order valence-electron chi connectivity index (χ1n) is 6.33. The van der Waals surface area contributed by atoms with Crippen molar-refractivity contribution in [3.05, 3.63) is 0 Å². The number of aliphatic carboxylic acids is 1. The van der Waals surface area contributed by atoms with Crippen molar-refractivity contribution in [3.8, 4) is 0 Å². The smallest absolute Gasteiger partial charge is 0.304 e. The van der Waals surface area contributed by atoms with Gasteiger partial charge in [-0.1, -0.05) is 0 Å². The third-order valence-electron chi connectivity index (χ3n) is 3.31. The molecular formula is C12H25N3O2. The Balaban J connectivity index is 2.54. The molecule has 0 aliphatic carbocycles. The van der Waals surface area contributed by atoms with Crippen molar-refractivity contribution in [3.63, 3.8) is 0 Å². The zero-order chi connectivity index (χ0) is 12.8. The van der Waals surface area contributed by atoms with E-state index in [1.165, 1.54) is 0 Å². The second-order valence-electron chi connectivity index (χ2n) is 5.19. The Bertz CT molecular complexity index is 246. The second kappa shape index (κ2) is 6.93. The van der Waals surface area contributed by atoms with Gasteiger partial charge in [-0.2, -0.15) is 0 Å². The summed E-state index contributed by atoms with van der Waals surface area (Å²) in [6.45, 7) is 5.85. The molecule has 0 aromatic heterocycles. The predicted octanol–water partition coefficient (Wildman–Crippen LogP) is 0.0751. The first-order chi connectivity index (χ1) is 7.99. The molecule has 1 heterocycles. The maximum Gasteiger partial charge on any atom is 0.304 e. The molecule has 1 aliphatic rings. The zero-order valence-corrected chi connectivity index (χ0v) is 11.1. The number of nitrogens with one attached hydrogen (secondary N) is 1. The molecule has 1 fully saturated rings. The van der Waals surface area contributed by atoms with Gasteiger partial charge in [-0.25, -0.2) is 0 Å². The Hall–Kier alpha value is -0.650. The molecule has 0 saturated carbocycles. The Morgan fingerprint density at radius 2 is 2.24 bits per heavy atom. The van der Waals surface area contributed by atoms with Gasteiger partial charge >= 0.3 is 5.97 Å². The van der Waals surface area contributed by atoms with E-state index in [0.717, 1.165) is 32.6 Å². The van der Waals surface area contributed by atoms with E-state index < -0.39 is 5.97 Å². The summed E-state index contributed by atoms with van der Waals surface area (Å²) in [5.41, 5.74) is 0. The predicted molar refractivity (Wildman–Crippen MR) is 68.2 cm³/mol. The van der Waals surface area contributed by atoms with E-state index in [2.05, 4.69) is 22.0 Å². The fourth-order valence-corrected chi connectivity index (χ4v) is 2.14. The van der Waals surface area contributed by atoms with Crippen LogP contribution in [0.1, 0.15) is 19.8 Å². The van der Waals surface area contributed by atoms with Crippen LogP contribution in [0.3, 0.4) is 0 Å². The van der Waals surface area contributed by atoms with Crippen molar-refractivity contribution in [1.82, 2.24) is 15.1 Å². The largest absolute Gasteiger partial charge is 0.481 e. The van der Waals surface area contributed by atoms with Gasteiger partial charge in [0, 0.05) is 38.3 Å². The van der Waals surface area contributed by atoms with E-state index in [-0.39, 0.29) is 12.5 Å². The van der Waals surface area contributed by atoms with Crippen LogP contribution in [-0.4, -0.2) is 73.2 Å². The van der Waals surface area contributed by atoms with Gasteiger partial charge in [0.05, 0.1) is 6.42 Å². The monoisotopic (exact) mass is 243 g/mol. The van der Waals surface area contributed by atoms with E-state index in [1.807, 2.05) is 14.1 Å². The molecule has 2 unspecified atom stereocenters. The average Bonchev–Trinajstić information content (AvgIpc) is 2.39. The van der Waals surface area contributed by atoms with Gasteiger partial charge in [-0.15, -0.1) is 0 Å². The Morgan fingerprint density at radius 3 is 2.82 bits per heavy atom. The average molecular weight is 243 g/mol. The number of carbonyl (C=O) groups is 1. The van der Waals surface area contributed by atoms with Crippen LogP contribution >= 0.6 is 0 Å². The van der Waals surface area contributed by atoms with E-state index in [4.69, 9.17) is 5.11 Å². The quantitative estimate of drug-likeness (QED) is 0.716. The van der Waals surface area contributed by atoms with Gasteiger partial charge in [0.2, 0.25) is 0 Å². The van der Waals surface area contributed by atoms with Crippen LogP contribution in [-0.2, 0) is 4.79 Å². The number of nitrogens with zero attached hydrogens (tertiary/aromatic N) is 2. The van der Waals surface area contributed by atoms with Crippen LogP contribution in [0, 0.1) is 0 Å². The highest BCUT2D eigenvalue weighted by molar-refractivity contribution is 5.67. The number of hydrogen-bond donors (Lipinski definition) is 2. The fourth-order valence-electron chi connectivity index (χ4n) is 2.14. The molecule has 1 saturated heterocycles. The molecule has 17 heavy (non-hydrogen) atoms. The number of carboxylic acids is 1. The molecule has 0 radical (unpaired) electrons. The third-order valence-corrected chi connectivity index (χ3v) is 3.31. The minimum absolute atomic E-state index is 0.123. The van der Waals surface area contributed by atoms with Crippen LogP contribution in [0.25, 0.3) is 0 Å². The summed E-state index contributed by atoms with van der Waals surface area (Å²) in [6, 6.07) is 0.605. The molecule has 0 amide bonds. The van der Waals surface area contributed by atoms with Gasteiger partial charge < -0.3 is 15.3 Å². The fraction of sp³-hybridized carbons (Fsp3) is 0.917. The zero-order valence-electron chi connectivity index (χ0n) is 11.1. The minimum atomic E-state index is -0.707.